The number of carbonyl (C=O) groups excluding carboxylic acids is 2. The summed E-state index contributed by atoms with van der Waals surface area (Å²) in [5, 5.41) is 0. The van der Waals surface area contributed by atoms with Gasteiger partial charge >= 0.3 is 0 Å². The molecule has 2 aliphatic heterocycles. The summed E-state index contributed by atoms with van der Waals surface area (Å²) >= 11 is 0. The highest BCUT2D eigenvalue weighted by molar-refractivity contribution is 5.89. The smallest absolute Gasteiger partial charge is 0.228 e. The summed E-state index contributed by atoms with van der Waals surface area (Å²) in [5.41, 5.74) is 1.01. The van der Waals surface area contributed by atoms with E-state index < -0.39 is 0 Å². The van der Waals surface area contributed by atoms with E-state index in [4.69, 9.17) is 0 Å². The fraction of sp³-hybridized carbons (Fsp3) is 0.667. The van der Waals surface area contributed by atoms with Gasteiger partial charge in [-0.25, -0.2) is 0 Å². The van der Waals surface area contributed by atoms with Gasteiger partial charge < -0.3 is 9.80 Å². The van der Waals surface area contributed by atoms with E-state index in [2.05, 4.69) is 9.88 Å². The maximum atomic E-state index is 12.9. The number of rotatable bonds is 4. The van der Waals surface area contributed by atoms with Gasteiger partial charge in [0.15, 0.2) is 0 Å². The summed E-state index contributed by atoms with van der Waals surface area (Å²) in [5.74, 6) is 0.0637. The number of amides is 2. The first-order valence-corrected chi connectivity index (χ1v) is 10.4. The van der Waals surface area contributed by atoms with Crippen molar-refractivity contribution in [1.29, 1.82) is 0 Å². The zero-order valence-corrected chi connectivity index (χ0v) is 16.1. The minimum Gasteiger partial charge on any atom is -0.340 e. The van der Waals surface area contributed by atoms with Crippen LogP contribution < -0.4 is 0 Å². The van der Waals surface area contributed by atoms with E-state index >= 15 is 0 Å². The van der Waals surface area contributed by atoms with Crippen molar-refractivity contribution < 1.29 is 9.59 Å². The van der Waals surface area contributed by atoms with Crippen LogP contribution in [0.5, 0.6) is 0 Å². The minimum absolute atomic E-state index is 0.0815. The Hall–Kier alpha value is -1.95. The molecule has 0 bridgehead atoms. The van der Waals surface area contributed by atoms with Crippen LogP contribution in [0.3, 0.4) is 0 Å². The molecule has 1 aromatic rings. The SMILES string of the molecule is O=C1C[C@@H](C(=O)N2CCN(C3CCCCC3)CC2)CN1Cc1cccnc1. The molecule has 6 heteroatoms. The highest BCUT2D eigenvalue weighted by atomic mass is 16.2. The number of piperazine rings is 1. The molecule has 1 saturated carbocycles. The van der Waals surface area contributed by atoms with Crippen molar-refractivity contribution in [2.75, 3.05) is 32.7 Å². The van der Waals surface area contributed by atoms with Gasteiger partial charge in [-0.2, -0.15) is 0 Å². The first-order valence-electron chi connectivity index (χ1n) is 10.4. The van der Waals surface area contributed by atoms with Crippen molar-refractivity contribution in [2.45, 2.75) is 51.1 Å². The zero-order chi connectivity index (χ0) is 18.6. The van der Waals surface area contributed by atoms with Gasteiger partial charge in [-0.1, -0.05) is 25.3 Å². The van der Waals surface area contributed by atoms with Gasteiger partial charge in [-0.05, 0) is 24.5 Å². The third-order valence-corrected chi connectivity index (χ3v) is 6.38. The van der Waals surface area contributed by atoms with Gasteiger partial charge in [0.25, 0.3) is 0 Å². The Morgan fingerprint density at radius 2 is 1.89 bits per heavy atom. The molecule has 6 nitrogen and oxygen atoms in total. The monoisotopic (exact) mass is 370 g/mol. The second-order valence-corrected chi connectivity index (χ2v) is 8.19. The lowest BCUT2D eigenvalue weighted by Crippen LogP contribution is -2.53. The number of likely N-dealkylation sites (tertiary alicyclic amines) is 1. The topological polar surface area (TPSA) is 56.8 Å². The second-order valence-electron chi connectivity index (χ2n) is 8.19. The average molecular weight is 370 g/mol. The molecule has 1 aromatic heterocycles. The van der Waals surface area contributed by atoms with Crippen molar-refractivity contribution in [3.8, 4) is 0 Å². The van der Waals surface area contributed by atoms with Crippen molar-refractivity contribution in [2.24, 2.45) is 5.92 Å². The van der Waals surface area contributed by atoms with Crippen molar-refractivity contribution in [3.63, 3.8) is 0 Å². The number of nitrogens with zero attached hydrogens (tertiary/aromatic N) is 4. The molecule has 0 aromatic carbocycles. The van der Waals surface area contributed by atoms with Gasteiger partial charge in [0.1, 0.15) is 0 Å². The minimum atomic E-state index is -0.185. The van der Waals surface area contributed by atoms with Crippen LogP contribution in [-0.4, -0.2) is 70.3 Å². The quantitative estimate of drug-likeness (QED) is 0.812. The Kier molecular flexibility index (Phi) is 5.72. The summed E-state index contributed by atoms with van der Waals surface area (Å²) in [6, 6.07) is 4.57. The molecule has 0 unspecified atom stereocenters. The third kappa shape index (κ3) is 4.32. The molecule has 3 aliphatic rings. The second kappa shape index (κ2) is 8.38. The Bertz CT molecular complexity index is 651. The van der Waals surface area contributed by atoms with E-state index in [1.165, 1.54) is 32.1 Å². The van der Waals surface area contributed by atoms with Crippen molar-refractivity contribution in [1.82, 2.24) is 19.7 Å². The van der Waals surface area contributed by atoms with Crippen LogP contribution in [0.2, 0.25) is 0 Å². The summed E-state index contributed by atoms with van der Waals surface area (Å²) < 4.78 is 0. The molecule has 0 N–H and O–H groups in total. The molecule has 2 amide bonds. The van der Waals surface area contributed by atoms with Crippen molar-refractivity contribution >= 4 is 11.8 Å². The first kappa shape index (κ1) is 18.4. The first-order chi connectivity index (χ1) is 13.2. The predicted octanol–water partition coefficient (Wildman–Crippen LogP) is 1.91. The molecule has 1 aliphatic carbocycles. The van der Waals surface area contributed by atoms with Crippen LogP contribution in [0.25, 0.3) is 0 Å². The summed E-state index contributed by atoms with van der Waals surface area (Å²) in [6.45, 7) is 4.67. The highest BCUT2D eigenvalue weighted by Gasteiger charge is 2.37. The summed E-state index contributed by atoms with van der Waals surface area (Å²) in [4.78, 5) is 35.8. The van der Waals surface area contributed by atoms with Gasteiger partial charge in [0.05, 0.1) is 5.92 Å². The number of hydrogen-bond donors (Lipinski definition) is 0. The van der Waals surface area contributed by atoms with Gasteiger partial charge in [0.2, 0.25) is 11.8 Å². The normalized spacial score (nSPS) is 25.2. The summed E-state index contributed by atoms with van der Waals surface area (Å²) in [6.07, 6.45) is 10.6. The van der Waals surface area contributed by atoms with E-state index in [0.717, 1.165) is 37.8 Å². The standard InChI is InChI=1S/C21H30N4O2/c26-20-13-18(16-25(20)15-17-5-4-8-22-14-17)21(27)24-11-9-23(10-12-24)19-6-2-1-3-7-19/h4-5,8,14,18-19H,1-3,6-7,9-13,15-16H2/t18-/m1/s1. The molecule has 2 saturated heterocycles. The number of carbonyl (C=O) groups is 2. The van der Waals surface area contributed by atoms with E-state index in [1.807, 2.05) is 17.0 Å². The lowest BCUT2D eigenvalue weighted by molar-refractivity contribution is -0.137. The lowest BCUT2D eigenvalue weighted by Gasteiger charge is -2.41. The van der Waals surface area contributed by atoms with E-state index in [1.54, 1.807) is 17.3 Å². The lowest BCUT2D eigenvalue weighted by atomic mass is 9.93. The molecule has 0 radical (unpaired) electrons. The van der Waals surface area contributed by atoms with Gasteiger partial charge in [-0.15, -0.1) is 0 Å². The molecule has 1 atom stereocenters. The van der Waals surface area contributed by atoms with Gasteiger partial charge in [0, 0.05) is 64.1 Å². The largest absolute Gasteiger partial charge is 0.340 e. The fourth-order valence-corrected chi connectivity index (χ4v) is 4.81. The third-order valence-electron chi connectivity index (χ3n) is 6.38. The maximum absolute atomic E-state index is 12.9. The molecule has 4 rings (SSSR count). The van der Waals surface area contributed by atoms with Crippen LogP contribution in [0.15, 0.2) is 24.5 Å². The highest BCUT2D eigenvalue weighted by Crippen LogP contribution is 2.25. The molecule has 27 heavy (non-hydrogen) atoms. The zero-order valence-electron chi connectivity index (χ0n) is 16.1. The fourth-order valence-electron chi connectivity index (χ4n) is 4.81. The van der Waals surface area contributed by atoms with Crippen LogP contribution >= 0.6 is 0 Å². The van der Waals surface area contributed by atoms with Crippen LogP contribution in [-0.2, 0) is 16.1 Å². The van der Waals surface area contributed by atoms with Crippen LogP contribution in [0, 0.1) is 5.92 Å². The molecule has 146 valence electrons. The predicted molar refractivity (Wildman–Crippen MR) is 103 cm³/mol. The van der Waals surface area contributed by atoms with Crippen molar-refractivity contribution in [3.05, 3.63) is 30.1 Å². The molecule has 3 fully saturated rings. The Labute approximate surface area is 161 Å². The molecular formula is C21H30N4O2. The number of pyridine rings is 1. The van der Waals surface area contributed by atoms with Gasteiger partial charge in [-0.3, -0.25) is 19.5 Å². The molecule has 0 spiro atoms. The average Bonchev–Trinajstić information content (AvgIpc) is 3.09. The van der Waals surface area contributed by atoms with E-state index in [9.17, 15) is 9.59 Å². The molecular weight excluding hydrogens is 340 g/mol. The van der Waals surface area contributed by atoms with Crippen LogP contribution in [0.1, 0.15) is 44.1 Å². The molecule has 3 heterocycles. The van der Waals surface area contributed by atoms with E-state index in [0.29, 0.717) is 19.5 Å². The van der Waals surface area contributed by atoms with Crippen LogP contribution in [0.4, 0.5) is 0 Å². The van der Waals surface area contributed by atoms with E-state index in [-0.39, 0.29) is 17.7 Å². The number of aromatic nitrogens is 1. The maximum Gasteiger partial charge on any atom is 0.228 e. The number of hydrogen-bond acceptors (Lipinski definition) is 4. The summed E-state index contributed by atoms with van der Waals surface area (Å²) in [7, 11) is 0. The Balaban J connectivity index is 1.28. The Morgan fingerprint density at radius 1 is 1.11 bits per heavy atom. The Morgan fingerprint density at radius 3 is 2.59 bits per heavy atom.